The number of sulfone groups is 1. The van der Waals surface area contributed by atoms with E-state index in [0.717, 1.165) is 31.5 Å². The Kier molecular flexibility index (Phi) is 2.33. The van der Waals surface area contributed by atoms with Crippen molar-refractivity contribution in [2.45, 2.75) is 36.9 Å². The molecule has 3 heterocycles. The van der Waals surface area contributed by atoms with Crippen LogP contribution in [0.5, 0.6) is 0 Å². The molecule has 88 valence electrons. The van der Waals surface area contributed by atoms with Gasteiger partial charge in [-0.1, -0.05) is 0 Å². The van der Waals surface area contributed by atoms with Crippen molar-refractivity contribution in [3.8, 4) is 0 Å². The van der Waals surface area contributed by atoms with Crippen molar-refractivity contribution in [3.63, 3.8) is 0 Å². The second kappa shape index (κ2) is 3.60. The van der Waals surface area contributed by atoms with Crippen LogP contribution in [0.1, 0.15) is 30.9 Å². The Morgan fingerprint density at radius 3 is 2.94 bits per heavy atom. The quantitative estimate of drug-likeness (QED) is 0.799. The summed E-state index contributed by atoms with van der Waals surface area (Å²) < 4.78 is 25.6. The van der Waals surface area contributed by atoms with Crippen LogP contribution in [0.2, 0.25) is 0 Å². The molecule has 1 atom stereocenters. The van der Waals surface area contributed by atoms with Gasteiger partial charge in [-0.25, -0.2) is 8.42 Å². The van der Waals surface area contributed by atoms with E-state index in [4.69, 9.17) is 0 Å². The average molecular weight is 240 g/mol. The summed E-state index contributed by atoms with van der Waals surface area (Å²) in [5, 5.41) is 3.92. The number of hydrogen-bond acceptors (Lipinski definition) is 3. The van der Waals surface area contributed by atoms with Crippen LogP contribution in [0.3, 0.4) is 0 Å². The molecule has 1 aromatic rings. The van der Waals surface area contributed by atoms with Crippen molar-refractivity contribution in [3.05, 3.63) is 17.8 Å². The third-order valence-electron chi connectivity index (χ3n) is 3.47. The number of rotatable bonds is 1. The predicted molar refractivity (Wildman–Crippen MR) is 61.1 cm³/mol. The Bertz CT molecular complexity index is 498. The molecule has 1 saturated heterocycles. The Morgan fingerprint density at radius 1 is 1.38 bits per heavy atom. The lowest BCUT2D eigenvalue weighted by atomic mass is 10.1. The molecule has 16 heavy (non-hydrogen) atoms. The second-order valence-electron chi connectivity index (χ2n) is 4.63. The third-order valence-corrected chi connectivity index (χ3v) is 5.29. The minimum atomic E-state index is -3.02. The first-order valence-electron chi connectivity index (χ1n) is 5.83. The zero-order valence-corrected chi connectivity index (χ0v) is 9.96. The standard InChI is InChI=1S/C11H16N2O2S/c14-16(15)6-2-5-13-8-9(7-11(13)16)10-3-1-4-12-10/h7-8,10,12H,1-6H2. The van der Waals surface area contributed by atoms with E-state index < -0.39 is 9.84 Å². The molecule has 5 heteroatoms. The van der Waals surface area contributed by atoms with Gasteiger partial charge in [0.2, 0.25) is 0 Å². The van der Waals surface area contributed by atoms with Crippen LogP contribution in [-0.4, -0.2) is 25.3 Å². The topological polar surface area (TPSA) is 51.1 Å². The summed E-state index contributed by atoms with van der Waals surface area (Å²) in [6, 6.07) is 2.21. The molecule has 0 radical (unpaired) electrons. The molecule has 2 aliphatic rings. The summed E-state index contributed by atoms with van der Waals surface area (Å²) in [6.07, 6.45) is 5.04. The van der Waals surface area contributed by atoms with Gasteiger partial charge in [-0.05, 0) is 37.4 Å². The van der Waals surface area contributed by atoms with Crippen LogP contribution in [0.4, 0.5) is 0 Å². The van der Waals surface area contributed by atoms with E-state index in [9.17, 15) is 8.42 Å². The van der Waals surface area contributed by atoms with E-state index in [1.807, 2.05) is 16.8 Å². The SMILES string of the molecule is O=S1(=O)CCCn2cc(C3CCCN3)cc21. The highest BCUT2D eigenvalue weighted by molar-refractivity contribution is 7.91. The van der Waals surface area contributed by atoms with E-state index in [-0.39, 0.29) is 0 Å². The summed E-state index contributed by atoms with van der Waals surface area (Å²) in [5.41, 5.74) is 1.14. The highest BCUT2D eigenvalue weighted by atomic mass is 32.2. The zero-order valence-electron chi connectivity index (χ0n) is 9.15. The largest absolute Gasteiger partial charge is 0.338 e. The Labute approximate surface area is 95.6 Å². The maximum atomic E-state index is 11.9. The van der Waals surface area contributed by atoms with Crippen molar-refractivity contribution in [2.24, 2.45) is 0 Å². The van der Waals surface area contributed by atoms with Gasteiger partial charge in [0.15, 0.2) is 9.84 Å². The van der Waals surface area contributed by atoms with Crippen molar-refractivity contribution in [1.29, 1.82) is 0 Å². The minimum absolute atomic E-state index is 0.300. The number of aryl methyl sites for hydroxylation is 1. The Morgan fingerprint density at radius 2 is 2.25 bits per heavy atom. The van der Waals surface area contributed by atoms with Gasteiger partial charge in [-0.3, -0.25) is 0 Å². The molecule has 0 aromatic carbocycles. The zero-order chi connectivity index (χ0) is 11.2. The summed E-state index contributed by atoms with van der Waals surface area (Å²) >= 11 is 0. The lowest BCUT2D eigenvalue weighted by Gasteiger charge is -2.14. The maximum Gasteiger partial charge on any atom is 0.193 e. The van der Waals surface area contributed by atoms with Gasteiger partial charge in [0.1, 0.15) is 5.03 Å². The van der Waals surface area contributed by atoms with Crippen molar-refractivity contribution in [2.75, 3.05) is 12.3 Å². The monoisotopic (exact) mass is 240 g/mol. The van der Waals surface area contributed by atoms with Crippen molar-refractivity contribution >= 4 is 9.84 Å². The molecule has 0 amide bonds. The first-order valence-corrected chi connectivity index (χ1v) is 7.48. The highest BCUT2D eigenvalue weighted by Gasteiger charge is 2.27. The maximum absolute atomic E-state index is 11.9. The first-order chi connectivity index (χ1) is 7.67. The lowest BCUT2D eigenvalue weighted by molar-refractivity contribution is 0.539. The van der Waals surface area contributed by atoms with Gasteiger partial charge >= 0.3 is 0 Å². The molecule has 2 aliphatic heterocycles. The number of nitrogens with one attached hydrogen (secondary N) is 1. The van der Waals surface area contributed by atoms with Crippen LogP contribution in [0.15, 0.2) is 17.3 Å². The molecule has 1 fully saturated rings. The Balaban J connectivity index is 2.02. The molecule has 0 bridgehead atoms. The summed E-state index contributed by atoms with van der Waals surface area (Å²) in [6.45, 7) is 1.87. The summed E-state index contributed by atoms with van der Waals surface area (Å²) in [4.78, 5) is 0. The molecule has 1 aromatic heterocycles. The predicted octanol–water partition coefficient (Wildman–Crippen LogP) is 1.09. The van der Waals surface area contributed by atoms with Crippen molar-refractivity contribution in [1.82, 2.24) is 9.88 Å². The summed E-state index contributed by atoms with van der Waals surface area (Å²) in [5.74, 6) is 0.300. The lowest BCUT2D eigenvalue weighted by Crippen LogP contribution is -2.19. The number of aromatic nitrogens is 1. The fourth-order valence-corrected chi connectivity index (χ4v) is 4.17. The van der Waals surface area contributed by atoms with Gasteiger partial charge in [-0.2, -0.15) is 0 Å². The Hall–Kier alpha value is -0.810. The molecule has 3 rings (SSSR count). The third kappa shape index (κ3) is 1.58. The van der Waals surface area contributed by atoms with E-state index in [1.54, 1.807) is 0 Å². The van der Waals surface area contributed by atoms with Gasteiger partial charge in [0, 0.05) is 18.8 Å². The van der Waals surface area contributed by atoms with E-state index >= 15 is 0 Å². The normalized spacial score (nSPS) is 27.9. The summed E-state index contributed by atoms with van der Waals surface area (Å²) in [7, 11) is -3.02. The van der Waals surface area contributed by atoms with E-state index in [2.05, 4.69) is 5.32 Å². The van der Waals surface area contributed by atoms with Crippen LogP contribution in [0.25, 0.3) is 0 Å². The second-order valence-corrected chi connectivity index (χ2v) is 6.68. The highest BCUT2D eigenvalue weighted by Crippen LogP contribution is 2.29. The first kappa shape index (κ1) is 10.4. The molecule has 0 spiro atoms. The molecule has 1 unspecified atom stereocenters. The van der Waals surface area contributed by atoms with E-state index in [1.165, 1.54) is 6.42 Å². The molecule has 0 saturated carbocycles. The smallest absolute Gasteiger partial charge is 0.193 e. The number of fused-ring (bicyclic) bond motifs is 1. The molecule has 1 N–H and O–H groups in total. The number of nitrogens with zero attached hydrogens (tertiary/aromatic N) is 1. The van der Waals surface area contributed by atoms with Gasteiger partial charge in [-0.15, -0.1) is 0 Å². The number of hydrogen-bond donors (Lipinski definition) is 1. The van der Waals surface area contributed by atoms with E-state index in [0.29, 0.717) is 16.8 Å². The van der Waals surface area contributed by atoms with Crippen LogP contribution < -0.4 is 5.32 Å². The van der Waals surface area contributed by atoms with Gasteiger partial charge in [0.05, 0.1) is 5.75 Å². The van der Waals surface area contributed by atoms with Gasteiger partial charge in [0.25, 0.3) is 0 Å². The fourth-order valence-electron chi connectivity index (χ4n) is 2.64. The molecule has 0 aliphatic carbocycles. The minimum Gasteiger partial charge on any atom is -0.338 e. The fraction of sp³-hybridized carbons (Fsp3) is 0.636. The average Bonchev–Trinajstić information content (AvgIpc) is 2.84. The van der Waals surface area contributed by atoms with Crippen LogP contribution >= 0.6 is 0 Å². The molecular weight excluding hydrogens is 224 g/mol. The van der Waals surface area contributed by atoms with Crippen molar-refractivity contribution < 1.29 is 8.42 Å². The van der Waals surface area contributed by atoms with Crippen LogP contribution in [0, 0.1) is 0 Å². The van der Waals surface area contributed by atoms with Crippen LogP contribution in [-0.2, 0) is 16.4 Å². The molecular formula is C11H16N2O2S. The van der Waals surface area contributed by atoms with Gasteiger partial charge < -0.3 is 9.88 Å². The molecule has 4 nitrogen and oxygen atoms in total.